The third-order valence-corrected chi connectivity index (χ3v) is 4.20. The van der Waals surface area contributed by atoms with Crippen LogP contribution in [0.4, 0.5) is 5.69 Å². The molecule has 2 amide bonds. The molecule has 0 bridgehead atoms. The molecule has 22 heavy (non-hydrogen) atoms. The molecule has 2 unspecified atom stereocenters. The molecular formula is C16H23N3O3. The zero-order valence-corrected chi connectivity index (χ0v) is 12.9. The lowest BCUT2D eigenvalue weighted by molar-refractivity contribution is -0.133. The summed E-state index contributed by atoms with van der Waals surface area (Å²) in [6.07, 6.45) is 2.02. The highest BCUT2D eigenvalue weighted by atomic mass is 16.5. The Morgan fingerprint density at radius 3 is 2.68 bits per heavy atom. The lowest BCUT2D eigenvalue weighted by atomic mass is 9.83. The van der Waals surface area contributed by atoms with Crippen molar-refractivity contribution in [2.75, 3.05) is 5.32 Å². The monoisotopic (exact) mass is 305 g/mol. The second kappa shape index (κ2) is 6.89. The first-order valence-electron chi connectivity index (χ1n) is 7.54. The fourth-order valence-electron chi connectivity index (χ4n) is 2.68. The van der Waals surface area contributed by atoms with Gasteiger partial charge in [0.15, 0.2) is 0 Å². The van der Waals surface area contributed by atoms with E-state index in [0.29, 0.717) is 12.8 Å². The SMILES string of the molecule is CC(C)C(N)C(=O)Nc1ccc2c(c1)CCC(C(=O)NO)C2. The maximum Gasteiger partial charge on any atom is 0.246 e. The van der Waals surface area contributed by atoms with Gasteiger partial charge >= 0.3 is 0 Å². The number of hydrogen-bond donors (Lipinski definition) is 4. The molecule has 6 nitrogen and oxygen atoms in total. The number of amides is 2. The van der Waals surface area contributed by atoms with Crippen molar-refractivity contribution in [1.29, 1.82) is 0 Å². The third kappa shape index (κ3) is 3.64. The average Bonchev–Trinajstić information content (AvgIpc) is 2.52. The van der Waals surface area contributed by atoms with Gasteiger partial charge in [-0.25, -0.2) is 5.48 Å². The quantitative estimate of drug-likeness (QED) is 0.496. The average molecular weight is 305 g/mol. The van der Waals surface area contributed by atoms with Gasteiger partial charge in [0.1, 0.15) is 0 Å². The fourth-order valence-corrected chi connectivity index (χ4v) is 2.68. The van der Waals surface area contributed by atoms with Gasteiger partial charge in [-0.2, -0.15) is 0 Å². The van der Waals surface area contributed by atoms with Gasteiger partial charge in [-0.3, -0.25) is 14.8 Å². The Kier molecular flexibility index (Phi) is 5.15. The van der Waals surface area contributed by atoms with Crippen molar-refractivity contribution in [2.24, 2.45) is 17.6 Å². The van der Waals surface area contributed by atoms with Crippen LogP contribution in [-0.2, 0) is 22.4 Å². The lowest BCUT2D eigenvalue weighted by Crippen LogP contribution is -2.39. The highest BCUT2D eigenvalue weighted by Gasteiger charge is 2.25. The molecular weight excluding hydrogens is 282 g/mol. The summed E-state index contributed by atoms with van der Waals surface area (Å²) in [5, 5.41) is 11.6. The zero-order valence-electron chi connectivity index (χ0n) is 12.9. The van der Waals surface area contributed by atoms with Gasteiger partial charge < -0.3 is 11.1 Å². The summed E-state index contributed by atoms with van der Waals surface area (Å²) in [6.45, 7) is 3.81. The second-order valence-electron chi connectivity index (χ2n) is 6.16. The van der Waals surface area contributed by atoms with E-state index in [-0.39, 0.29) is 23.7 Å². The molecule has 0 heterocycles. The minimum absolute atomic E-state index is 0.0791. The van der Waals surface area contributed by atoms with Crippen molar-refractivity contribution in [1.82, 2.24) is 5.48 Å². The van der Waals surface area contributed by atoms with Crippen LogP contribution in [0.5, 0.6) is 0 Å². The van der Waals surface area contributed by atoms with Crippen LogP contribution >= 0.6 is 0 Å². The Bertz CT molecular complexity index is 572. The molecule has 5 N–H and O–H groups in total. The summed E-state index contributed by atoms with van der Waals surface area (Å²) in [4.78, 5) is 23.5. The highest BCUT2D eigenvalue weighted by molar-refractivity contribution is 5.95. The molecule has 0 fully saturated rings. The van der Waals surface area contributed by atoms with Crippen molar-refractivity contribution in [3.05, 3.63) is 29.3 Å². The minimum Gasteiger partial charge on any atom is -0.325 e. The van der Waals surface area contributed by atoms with E-state index >= 15 is 0 Å². The molecule has 6 heteroatoms. The molecule has 1 aliphatic rings. The molecule has 2 atom stereocenters. The maximum absolute atomic E-state index is 12.0. The normalized spacial score (nSPS) is 18.5. The van der Waals surface area contributed by atoms with Crippen molar-refractivity contribution in [3.63, 3.8) is 0 Å². The summed E-state index contributed by atoms with van der Waals surface area (Å²) in [5.74, 6) is -0.656. The zero-order chi connectivity index (χ0) is 16.3. The number of nitrogens with one attached hydrogen (secondary N) is 2. The minimum atomic E-state index is -0.534. The molecule has 0 aliphatic heterocycles. The Morgan fingerprint density at radius 2 is 2.05 bits per heavy atom. The van der Waals surface area contributed by atoms with Gasteiger partial charge in [-0.05, 0) is 48.4 Å². The summed E-state index contributed by atoms with van der Waals surface area (Å²) >= 11 is 0. The Morgan fingerprint density at radius 1 is 1.32 bits per heavy atom. The summed E-state index contributed by atoms with van der Waals surface area (Å²) in [5.41, 5.74) is 10.5. The number of anilines is 1. The van der Waals surface area contributed by atoms with Gasteiger partial charge in [-0.1, -0.05) is 19.9 Å². The van der Waals surface area contributed by atoms with Crippen LogP contribution < -0.4 is 16.5 Å². The van der Waals surface area contributed by atoms with E-state index in [2.05, 4.69) is 5.32 Å². The number of nitrogens with two attached hydrogens (primary N) is 1. The molecule has 0 aromatic heterocycles. The van der Waals surface area contributed by atoms with E-state index in [1.165, 1.54) is 0 Å². The van der Waals surface area contributed by atoms with Crippen molar-refractivity contribution >= 4 is 17.5 Å². The van der Waals surface area contributed by atoms with Gasteiger partial charge in [0, 0.05) is 11.6 Å². The van der Waals surface area contributed by atoms with Crippen LogP contribution in [0.2, 0.25) is 0 Å². The molecule has 120 valence electrons. The standard InChI is InChI=1S/C16H23N3O3/c1-9(2)14(17)16(21)18-13-6-5-10-7-12(15(20)19-22)4-3-11(10)8-13/h5-6,8-9,12,14,22H,3-4,7,17H2,1-2H3,(H,18,21)(H,19,20). The summed E-state index contributed by atoms with van der Waals surface area (Å²) in [6, 6.07) is 5.15. The van der Waals surface area contributed by atoms with Crippen molar-refractivity contribution in [2.45, 2.75) is 39.2 Å². The van der Waals surface area contributed by atoms with Crippen molar-refractivity contribution < 1.29 is 14.8 Å². The number of carbonyl (C=O) groups excluding carboxylic acids is 2. The van der Waals surface area contributed by atoms with Crippen LogP contribution in [0.15, 0.2) is 18.2 Å². The predicted octanol–water partition coefficient (Wildman–Crippen LogP) is 1.22. The number of benzene rings is 1. The van der Waals surface area contributed by atoms with Crippen LogP contribution in [0.1, 0.15) is 31.4 Å². The first-order chi connectivity index (χ1) is 10.4. The van der Waals surface area contributed by atoms with E-state index in [4.69, 9.17) is 10.9 Å². The second-order valence-corrected chi connectivity index (χ2v) is 6.16. The van der Waals surface area contributed by atoms with Crippen LogP contribution in [0, 0.1) is 11.8 Å². The van der Waals surface area contributed by atoms with Crippen molar-refractivity contribution in [3.8, 4) is 0 Å². The number of aryl methyl sites for hydroxylation is 1. The predicted molar refractivity (Wildman–Crippen MR) is 83.3 cm³/mol. The molecule has 2 rings (SSSR count). The summed E-state index contributed by atoms with van der Waals surface area (Å²) < 4.78 is 0. The molecule has 1 aromatic rings. The van der Waals surface area contributed by atoms with Crippen LogP contribution in [0.3, 0.4) is 0 Å². The molecule has 1 aromatic carbocycles. The summed E-state index contributed by atoms with van der Waals surface area (Å²) in [7, 11) is 0. The first kappa shape index (κ1) is 16.5. The van der Waals surface area contributed by atoms with E-state index in [1.54, 1.807) is 5.48 Å². The number of fused-ring (bicyclic) bond motifs is 1. The maximum atomic E-state index is 12.0. The molecule has 1 aliphatic carbocycles. The van der Waals surface area contributed by atoms with Gasteiger partial charge in [0.05, 0.1) is 6.04 Å². The molecule has 0 radical (unpaired) electrons. The topological polar surface area (TPSA) is 104 Å². The smallest absolute Gasteiger partial charge is 0.246 e. The van der Waals surface area contributed by atoms with E-state index < -0.39 is 6.04 Å². The first-order valence-corrected chi connectivity index (χ1v) is 7.54. The number of hydrogen-bond acceptors (Lipinski definition) is 4. The van der Waals surface area contributed by atoms with Crippen LogP contribution in [-0.4, -0.2) is 23.1 Å². The van der Waals surface area contributed by atoms with Crippen LogP contribution in [0.25, 0.3) is 0 Å². The molecule has 0 saturated carbocycles. The van der Waals surface area contributed by atoms with E-state index in [0.717, 1.165) is 23.2 Å². The van der Waals surface area contributed by atoms with Gasteiger partial charge in [0.25, 0.3) is 0 Å². The third-order valence-electron chi connectivity index (χ3n) is 4.20. The molecule has 0 saturated heterocycles. The number of carbonyl (C=O) groups is 2. The van der Waals surface area contributed by atoms with E-state index in [1.807, 2.05) is 32.0 Å². The Hall–Kier alpha value is -1.92. The Labute approximate surface area is 130 Å². The lowest BCUT2D eigenvalue weighted by Gasteiger charge is -2.24. The number of rotatable bonds is 4. The molecule has 0 spiro atoms. The van der Waals surface area contributed by atoms with Gasteiger partial charge in [-0.15, -0.1) is 0 Å². The number of hydroxylamine groups is 1. The fraction of sp³-hybridized carbons (Fsp3) is 0.500. The Balaban J connectivity index is 2.07. The van der Waals surface area contributed by atoms with E-state index in [9.17, 15) is 9.59 Å². The van der Waals surface area contributed by atoms with Gasteiger partial charge in [0.2, 0.25) is 11.8 Å². The highest BCUT2D eigenvalue weighted by Crippen LogP contribution is 2.28. The largest absolute Gasteiger partial charge is 0.325 e.